The molecular formula is C26H19BrFN3O. The van der Waals surface area contributed by atoms with Gasteiger partial charge < -0.3 is 4.57 Å². The lowest BCUT2D eigenvalue weighted by atomic mass is 9.96. The maximum atomic E-state index is 13.5. The molecule has 0 saturated carbocycles. The number of hydrogen-bond donors (Lipinski definition) is 0. The molecule has 0 fully saturated rings. The van der Waals surface area contributed by atoms with Crippen molar-refractivity contribution in [3.63, 3.8) is 0 Å². The number of hydrogen-bond acceptors (Lipinski definition) is 3. The summed E-state index contributed by atoms with van der Waals surface area (Å²) < 4.78 is 15.5. The molecule has 0 amide bonds. The third-order valence-corrected chi connectivity index (χ3v) is 6.22. The van der Waals surface area contributed by atoms with Crippen LogP contribution in [-0.2, 0) is 13.1 Å². The fourth-order valence-electron chi connectivity index (χ4n) is 3.96. The minimum absolute atomic E-state index is 0.109. The van der Waals surface area contributed by atoms with Gasteiger partial charge in [-0.3, -0.25) is 14.8 Å². The average Bonchev–Trinajstić information content (AvgIpc) is 3.21. The highest BCUT2D eigenvalue weighted by Gasteiger charge is 2.18. The average molecular weight is 488 g/mol. The summed E-state index contributed by atoms with van der Waals surface area (Å²) in [6.07, 6.45) is 3.58. The van der Waals surface area contributed by atoms with Gasteiger partial charge in [0.1, 0.15) is 5.82 Å². The van der Waals surface area contributed by atoms with Crippen molar-refractivity contribution in [1.29, 1.82) is 0 Å². The second kappa shape index (κ2) is 8.28. The van der Waals surface area contributed by atoms with E-state index in [-0.39, 0.29) is 11.4 Å². The van der Waals surface area contributed by atoms with Crippen molar-refractivity contribution in [2.45, 2.75) is 20.0 Å². The molecule has 4 aromatic rings. The first-order valence-electron chi connectivity index (χ1n) is 10.2. The quantitative estimate of drug-likeness (QED) is 0.380. The first-order chi connectivity index (χ1) is 15.5. The topological polar surface area (TPSA) is 47.2 Å². The highest BCUT2D eigenvalue weighted by atomic mass is 79.9. The Bertz CT molecular complexity index is 1440. The van der Waals surface area contributed by atoms with Crippen molar-refractivity contribution < 1.29 is 4.39 Å². The summed E-state index contributed by atoms with van der Waals surface area (Å²) in [4.78, 5) is 21.8. The van der Waals surface area contributed by atoms with E-state index in [4.69, 9.17) is 4.99 Å². The highest BCUT2D eigenvalue weighted by molar-refractivity contribution is 9.10. The number of aliphatic imine (C=N–C) groups is 1. The lowest BCUT2D eigenvalue weighted by Gasteiger charge is -2.10. The first-order valence-corrected chi connectivity index (χ1v) is 11.0. The molecule has 0 radical (unpaired) electrons. The van der Waals surface area contributed by atoms with Crippen molar-refractivity contribution in [3.05, 3.63) is 122 Å². The van der Waals surface area contributed by atoms with Crippen molar-refractivity contribution >= 4 is 21.6 Å². The summed E-state index contributed by atoms with van der Waals surface area (Å²) in [5.74, 6) is -0.321. The molecule has 0 atom stereocenters. The van der Waals surface area contributed by atoms with E-state index in [1.807, 2.05) is 31.2 Å². The Hall–Kier alpha value is -3.38. The van der Waals surface area contributed by atoms with Gasteiger partial charge in [0.15, 0.2) is 0 Å². The zero-order chi connectivity index (χ0) is 22.2. The Morgan fingerprint density at radius 1 is 1.00 bits per heavy atom. The molecule has 0 bridgehead atoms. The predicted molar refractivity (Wildman–Crippen MR) is 128 cm³/mol. The molecule has 6 heteroatoms. The minimum atomic E-state index is -0.321. The van der Waals surface area contributed by atoms with Crippen LogP contribution in [0.2, 0.25) is 0 Å². The molecule has 1 aliphatic heterocycles. The van der Waals surface area contributed by atoms with Crippen LogP contribution in [0, 0.1) is 12.7 Å². The van der Waals surface area contributed by atoms with Gasteiger partial charge in [0, 0.05) is 35.3 Å². The molecule has 158 valence electrons. The standard InChI is InChI=1S/C26H19BrFN3O/c1-16-10-20(6-8-29-16)26-22-12-18(3-4-21(22)14-30-26)19-7-9-31(25(32)13-19)15-17-2-5-24(28)23(27)11-17/h2-13H,14-15H2,1H3. The number of fused-ring (bicyclic) bond motifs is 1. The van der Waals surface area contributed by atoms with Crippen molar-refractivity contribution in [1.82, 2.24) is 9.55 Å². The Kier molecular flexibility index (Phi) is 5.31. The molecule has 0 saturated heterocycles. The van der Waals surface area contributed by atoms with E-state index in [1.54, 1.807) is 35.2 Å². The Balaban J connectivity index is 1.45. The summed E-state index contributed by atoms with van der Waals surface area (Å²) in [7, 11) is 0. The number of aromatic nitrogens is 2. The van der Waals surface area contributed by atoms with Gasteiger partial charge in [-0.25, -0.2) is 4.39 Å². The number of pyridine rings is 2. The van der Waals surface area contributed by atoms with Crippen LogP contribution >= 0.6 is 15.9 Å². The van der Waals surface area contributed by atoms with E-state index in [9.17, 15) is 9.18 Å². The zero-order valence-electron chi connectivity index (χ0n) is 17.3. The van der Waals surface area contributed by atoms with Crippen molar-refractivity contribution in [3.8, 4) is 11.1 Å². The third kappa shape index (κ3) is 3.94. The second-order valence-corrected chi connectivity index (χ2v) is 8.71. The smallest absolute Gasteiger partial charge is 0.251 e. The molecule has 5 rings (SSSR count). The van der Waals surface area contributed by atoms with Crippen LogP contribution in [0.3, 0.4) is 0 Å². The van der Waals surface area contributed by atoms with E-state index < -0.39 is 0 Å². The Labute approximate surface area is 193 Å². The molecule has 0 N–H and O–H groups in total. The summed E-state index contributed by atoms with van der Waals surface area (Å²) in [6.45, 7) is 3.00. The molecule has 32 heavy (non-hydrogen) atoms. The van der Waals surface area contributed by atoms with E-state index in [1.165, 1.54) is 11.6 Å². The number of aryl methyl sites for hydroxylation is 1. The Morgan fingerprint density at radius 2 is 1.84 bits per heavy atom. The van der Waals surface area contributed by atoms with Crippen LogP contribution in [-0.4, -0.2) is 15.3 Å². The van der Waals surface area contributed by atoms with Crippen LogP contribution in [0.15, 0.2) is 87.3 Å². The number of rotatable bonds is 4. The van der Waals surface area contributed by atoms with Gasteiger partial charge in [-0.05, 0) is 81.5 Å². The molecule has 4 nitrogen and oxygen atoms in total. The fourth-order valence-corrected chi connectivity index (χ4v) is 4.38. The lowest BCUT2D eigenvalue weighted by Crippen LogP contribution is -2.19. The maximum absolute atomic E-state index is 13.5. The monoisotopic (exact) mass is 487 g/mol. The maximum Gasteiger partial charge on any atom is 0.251 e. The van der Waals surface area contributed by atoms with Crippen molar-refractivity contribution in [2.24, 2.45) is 4.99 Å². The number of halogens is 2. The molecule has 3 heterocycles. The van der Waals surface area contributed by atoms with Crippen LogP contribution < -0.4 is 5.56 Å². The van der Waals surface area contributed by atoms with Crippen LogP contribution in [0.25, 0.3) is 11.1 Å². The van der Waals surface area contributed by atoms with Crippen LogP contribution in [0.4, 0.5) is 4.39 Å². The number of nitrogens with zero attached hydrogens (tertiary/aromatic N) is 3. The SMILES string of the molecule is Cc1cc(C2=NCc3ccc(-c4ccn(Cc5ccc(F)c(Br)c5)c(=O)c4)cc32)ccn1. The van der Waals surface area contributed by atoms with Gasteiger partial charge in [0.2, 0.25) is 0 Å². The first kappa shape index (κ1) is 20.5. The number of benzene rings is 2. The van der Waals surface area contributed by atoms with E-state index in [0.717, 1.165) is 39.2 Å². The molecule has 0 unspecified atom stereocenters. The normalized spacial score (nSPS) is 12.5. The summed E-state index contributed by atoms with van der Waals surface area (Å²) in [5, 5.41) is 0. The predicted octanol–water partition coefficient (Wildman–Crippen LogP) is 5.52. The summed E-state index contributed by atoms with van der Waals surface area (Å²) in [5.41, 5.74) is 7.79. The Morgan fingerprint density at radius 3 is 2.62 bits per heavy atom. The van der Waals surface area contributed by atoms with Gasteiger partial charge in [0.25, 0.3) is 5.56 Å². The molecular weight excluding hydrogens is 469 g/mol. The van der Waals surface area contributed by atoms with E-state index in [0.29, 0.717) is 17.6 Å². The summed E-state index contributed by atoms with van der Waals surface area (Å²) in [6, 6.07) is 18.6. The van der Waals surface area contributed by atoms with Gasteiger partial charge in [-0.2, -0.15) is 0 Å². The van der Waals surface area contributed by atoms with Crippen LogP contribution in [0.1, 0.15) is 27.9 Å². The zero-order valence-corrected chi connectivity index (χ0v) is 18.9. The van der Waals surface area contributed by atoms with Crippen molar-refractivity contribution in [2.75, 3.05) is 0 Å². The molecule has 2 aromatic carbocycles. The molecule has 0 spiro atoms. The van der Waals surface area contributed by atoms with Gasteiger partial charge in [-0.1, -0.05) is 18.2 Å². The molecule has 2 aromatic heterocycles. The van der Waals surface area contributed by atoms with E-state index >= 15 is 0 Å². The molecule has 0 aliphatic carbocycles. The lowest BCUT2D eigenvalue weighted by molar-refractivity contribution is 0.619. The third-order valence-electron chi connectivity index (χ3n) is 5.61. The van der Waals surface area contributed by atoms with E-state index in [2.05, 4.69) is 33.0 Å². The van der Waals surface area contributed by atoms with Gasteiger partial charge in [0.05, 0.1) is 23.3 Å². The largest absolute Gasteiger partial charge is 0.311 e. The second-order valence-electron chi connectivity index (χ2n) is 7.85. The van der Waals surface area contributed by atoms with Gasteiger partial charge in [-0.15, -0.1) is 0 Å². The molecule has 1 aliphatic rings. The van der Waals surface area contributed by atoms with Gasteiger partial charge >= 0.3 is 0 Å². The fraction of sp³-hybridized carbons (Fsp3) is 0.115. The summed E-state index contributed by atoms with van der Waals surface area (Å²) >= 11 is 3.19. The van der Waals surface area contributed by atoms with Crippen LogP contribution in [0.5, 0.6) is 0 Å². The minimum Gasteiger partial charge on any atom is -0.311 e. The highest BCUT2D eigenvalue weighted by Crippen LogP contribution is 2.28.